The number of carbonyl (C=O) groups is 1. The summed E-state index contributed by atoms with van der Waals surface area (Å²) in [5.41, 5.74) is 2.13. The molecule has 25 heavy (non-hydrogen) atoms. The summed E-state index contributed by atoms with van der Waals surface area (Å²) in [4.78, 5) is 17.1. The van der Waals surface area contributed by atoms with Crippen LogP contribution in [0.25, 0.3) is 11.5 Å². The molecule has 0 fully saturated rings. The van der Waals surface area contributed by atoms with Gasteiger partial charge in [0.1, 0.15) is 11.1 Å². The Bertz CT molecular complexity index is 943. The van der Waals surface area contributed by atoms with Crippen molar-refractivity contribution < 1.29 is 9.21 Å². The Morgan fingerprint density at radius 2 is 2.28 bits per heavy atom. The van der Waals surface area contributed by atoms with E-state index in [4.69, 9.17) is 4.42 Å². The molecule has 9 heteroatoms. The van der Waals surface area contributed by atoms with Crippen molar-refractivity contribution in [2.45, 2.75) is 19.1 Å². The average molecular weight is 371 g/mol. The summed E-state index contributed by atoms with van der Waals surface area (Å²) in [5.74, 6) is 0.228. The number of carbonyl (C=O) groups excluding carboxylic acids is 1. The molecule has 0 aliphatic heterocycles. The van der Waals surface area contributed by atoms with Crippen LogP contribution in [0.2, 0.25) is 0 Å². The maximum absolute atomic E-state index is 12.1. The number of amides is 1. The second-order valence-electron chi connectivity index (χ2n) is 5.05. The summed E-state index contributed by atoms with van der Waals surface area (Å²) in [7, 11) is 0. The van der Waals surface area contributed by atoms with E-state index >= 15 is 0 Å². The number of anilines is 1. The molecule has 0 saturated carbocycles. The van der Waals surface area contributed by atoms with Crippen molar-refractivity contribution in [2.24, 2.45) is 0 Å². The Kier molecular flexibility index (Phi) is 5.11. The molecular weight excluding hydrogens is 358 g/mol. The van der Waals surface area contributed by atoms with Crippen LogP contribution in [0, 0.1) is 25.2 Å². The third-order valence-corrected chi connectivity index (χ3v) is 5.33. The minimum absolute atomic E-state index is 0.107. The molecule has 0 atom stereocenters. The Hall–Kier alpha value is -2.70. The first kappa shape index (κ1) is 17.1. The first-order chi connectivity index (χ1) is 12.1. The first-order valence-corrected chi connectivity index (χ1v) is 9.05. The highest BCUT2D eigenvalue weighted by Gasteiger charge is 2.16. The first-order valence-electron chi connectivity index (χ1n) is 7.25. The van der Waals surface area contributed by atoms with Gasteiger partial charge in [-0.3, -0.25) is 9.78 Å². The number of aromatic nitrogens is 3. The lowest BCUT2D eigenvalue weighted by atomic mass is 10.2. The van der Waals surface area contributed by atoms with Crippen LogP contribution in [-0.2, 0) is 4.79 Å². The van der Waals surface area contributed by atoms with Crippen LogP contribution in [-0.4, -0.2) is 26.8 Å². The van der Waals surface area contributed by atoms with Gasteiger partial charge < -0.3 is 9.73 Å². The molecule has 0 bridgehead atoms. The highest BCUT2D eigenvalue weighted by atomic mass is 32.2. The molecular formula is C16H13N5O2S2. The zero-order valence-corrected chi connectivity index (χ0v) is 15.1. The van der Waals surface area contributed by atoms with Crippen LogP contribution in [0.3, 0.4) is 0 Å². The molecule has 0 spiro atoms. The Labute approximate surface area is 152 Å². The fraction of sp³-hybridized carbons (Fsp3) is 0.188. The normalized spacial score (nSPS) is 10.4. The highest BCUT2D eigenvalue weighted by Crippen LogP contribution is 2.32. The Morgan fingerprint density at radius 3 is 3.00 bits per heavy atom. The minimum Gasteiger partial charge on any atom is -0.411 e. The number of hydrogen-bond donors (Lipinski definition) is 1. The van der Waals surface area contributed by atoms with E-state index in [1.165, 1.54) is 11.3 Å². The van der Waals surface area contributed by atoms with Gasteiger partial charge in [0, 0.05) is 17.3 Å². The molecule has 3 aromatic rings. The van der Waals surface area contributed by atoms with Gasteiger partial charge in [0.25, 0.3) is 5.22 Å². The summed E-state index contributed by atoms with van der Waals surface area (Å²) in [6.45, 7) is 3.79. The van der Waals surface area contributed by atoms with Gasteiger partial charge in [0.15, 0.2) is 0 Å². The Morgan fingerprint density at radius 1 is 1.44 bits per heavy atom. The van der Waals surface area contributed by atoms with E-state index in [1.54, 1.807) is 18.5 Å². The molecule has 1 amide bonds. The summed E-state index contributed by atoms with van der Waals surface area (Å²) in [6.07, 6.45) is 3.28. The predicted molar refractivity (Wildman–Crippen MR) is 95.4 cm³/mol. The zero-order valence-electron chi connectivity index (χ0n) is 13.4. The number of hydrogen-bond acceptors (Lipinski definition) is 8. The van der Waals surface area contributed by atoms with Crippen LogP contribution < -0.4 is 5.32 Å². The molecule has 3 rings (SSSR count). The molecule has 0 aliphatic rings. The van der Waals surface area contributed by atoms with Gasteiger partial charge in [0.05, 0.1) is 16.9 Å². The van der Waals surface area contributed by atoms with Crippen molar-refractivity contribution >= 4 is 34.0 Å². The maximum atomic E-state index is 12.1. The zero-order chi connectivity index (χ0) is 17.8. The number of nitrogens with one attached hydrogen (secondary N) is 1. The van der Waals surface area contributed by atoms with E-state index in [1.807, 2.05) is 19.9 Å². The number of nitriles is 1. The van der Waals surface area contributed by atoms with Crippen LogP contribution in [0.4, 0.5) is 5.00 Å². The van der Waals surface area contributed by atoms with Crippen LogP contribution in [0.5, 0.6) is 0 Å². The van der Waals surface area contributed by atoms with Crippen LogP contribution >= 0.6 is 23.1 Å². The van der Waals surface area contributed by atoms with Gasteiger partial charge >= 0.3 is 0 Å². The smallest absolute Gasteiger partial charge is 0.277 e. The van der Waals surface area contributed by atoms with Crippen molar-refractivity contribution in [3.8, 4) is 17.5 Å². The second kappa shape index (κ2) is 7.46. The van der Waals surface area contributed by atoms with E-state index in [9.17, 15) is 10.1 Å². The molecule has 7 nitrogen and oxygen atoms in total. The van der Waals surface area contributed by atoms with Crippen molar-refractivity contribution in [1.29, 1.82) is 5.26 Å². The van der Waals surface area contributed by atoms with E-state index < -0.39 is 0 Å². The van der Waals surface area contributed by atoms with E-state index in [0.717, 1.165) is 27.8 Å². The monoisotopic (exact) mass is 371 g/mol. The number of thioether (sulfide) groups is 1. The van der Waals surface area contributed by atoms with Crippen molar-refractivity contribution in [3.63, 3.8) is 0 Å². The molecule has 3 aromatic heterocycles. The average Bonchev–Trinajstić information content (AvgIpc) is 3.19. The SMILES string of the molecule is Cc1sc(NC(=O)CSc2nnc(-c3cccnc3)o2)c(C#N)c1C. The Balaban J connectivity index is 1.61. The van der Waals surface area contributed by atoms with Crippen molar-refractivity contribution in [3.05, 3.63) is 40.5 Å². The lowest BCUT2D eigenvalue weighted by Crippen LogP contribution is -2.13. The molecule has 3 heterocycles. The summed E-state index contributed by atoms with van der Waals surface area (Å²) in [5, 5.41) is 20.7. The number of nitrogens with zero attached hydrogens (tertiary/aromatic N) is 4. The number of thiophene rings is 1. The highest BCUT2D eigenvalue weighted by molar-refractivity contribution is 7.99. The quantitative estimate of drug-likeness (QED) is 0.685. The van der Waals surface area contributed by atoms with Crippen LogP contribution in [0.1, 0.15) is 16.0 Å². The van der Waals surface area contributed by atoms with E-state index in [2.05, 4.69) is 26.6 Å². The fourth-order valence-corrected chi connectivity index (χ4v) is 3.60. The molecule has 0 aromatic carbocycles. The number of aryl methyl sites for hydroxylation is 1. The molecule has 126 valence electrons. The third kappa shape index (κ3) is 3.87. The topological polar surface area (TPSA) is 105 Å². The molecule has 0 radical (unpaired) electrons. The lowest BCUT2D eigenvalue weighted by Gasteiger charge is -2.01. The summed E-state index contributed by atoms with van der Waals surface area (Å²) in [6, 6.07) is 5.71. The third-order valence-electron chi connectivity index (χ3n) is 3.39. The maximum Gasteiger partial charge on any atom is 0.277 e. The van der Waals surface area contributed by atoms with E-state index in [0.29, 0.717) is 21.7 Å². The number of pyridine rings is 1. The summed E-state index contributed by atoms with van der Waals surface area (Å²) >= 11 is 2.53. The fourth-order valence-electron chi connectivity index (χ4n) is 2.01. The summed E-state index contributed by atoms with van der Waals surface area (Å²) < 4.78 is 5.51. The largest absolute Gasteiger partial charge is 0.411 e. The van der Waals surface area contributed by atoms with Gasteiger partial charge in [-0.15, -0.1) is 21.5 Å². The molecule has 0 saturated heterocycles. The van der Waals surface area contributed by atoms with E-state index in [-0.39, 0.29) is 11.7 Å². The second-order valence-corrected chi connectivity index (χ2v) is 7.20. The molecule has 1 N–H and O–H groups in total. The lowest BCUT2D eigenvalue weighted by molar-refractivity contribution is -0.113. The van der Waals surface area contributed by atoms with Gasteiger partial charge in [-0.2, -0.15) is 5.26 Å². The predicted octanol–water partition coefficient (Wildman–Crippen LogP) is 3.41. The van der Waals surface area contributed by atoms with Gasteiger partial charge in [-0.1, -0.05) is 11.8 Å². The molecule has 0 aliphatic carbocycles. The van der Waals surface area contributed by atoms with Crippen molar-refractivity contribution in [2.75, 3.05) is 11.1 Å². The van der Waals surface area contributed by atoms with Gasteiger partial charge in [-0.25, -0.2) is 0 Å². The van der Waals surface area contributed by atoms with Crippen molar-refractivity contribution in [1.82, 2.24) is 15.2 Å². The number of rotatable bonds is 5. The van der Waals surface area contributed by atoms with Gasteiger partial charge in [0.2, 0.25) is 11.8 Å². The minimum atomic E-state index is -0.233. The standard InChI is InChI=1S/C16H13N5O2S2/c1-9-10(2)25-15(12(9)6-17)19-13(22)8-24-16-21-20-14(23-16)11-4-3-5-18-7-11/h3-5,7H,8H2,1-2H3,(H,19,22). The van der Waals surface area contributed by atoms with Gasteiger partial charge in [-0.05, 0) is 31.5 Å². The van der Waals surface area contributed by atoms with Crippen LogP contribution in [0.15, 0.2) is 34.2 Å². The molecule has 0 unspecified atom stereocenters.